The van der Waals surface area contributed by atoms with Crippen LogP contribution in [0.3, 0.4) is 0 Å². The van der Waals surface area contributed by atoms with Crippen LogP contribution >= 0.6 is 0 Å². The molecule has 2 N–H and O–H groups in total. The molecule has 1 aliphatic carbocycles. The fourth-order valence-electron chi connectivity index (χ4n) is 4.94. The maximum absolute atomic E-state index is 11.7. The maximum Gasteiger partial charge on any atom is 0.314 e. The summed E-state index contributed by atoms with van der Waals surface area (Å²) in [6, 6.07) is 21.8. The highest BCUT2D eigenvalue weighted by molar-refractivity contribution is 5.89. The van der Waals surface area contributed by atoms with Crippen molar-refractivity contribution >= 4 is 23.3 Å². The van der Waals surface area contributed by atoms with Crippen molar-refractivity contribution < 1.29 is 19.2 Å². The van der Waals surface area contributed by atoms with E-state index in [0.29, 0.717) is 37.6 Å². The smallest absolute Gasteiger partial charge is 0.314 e. The molecule has 3 heterocycles. The minimum absolute atomic E-state index is 0.625. The standard InChI is InChI=1S/C29H28N4O4/c1-19-26(31-24-7-4-8-25(30-24)33-15-17-36-18-16-33)27(37-32-19)23-6-3-2-5-22(23)20-9-11-21(12-10-20)29(13-14-29)28(34)35/h2-12H,13-18H2,1H3,(H,30,31)(H,34,35). The Labute approximate surface area is 214 Å². The van der Waals surface area contributed by atoms with Gasteiger partial charge in [-0.25, -0.2) is 4.98 Å². The first-order valence-corrected chi connectivity index (χ1v) is 12.5. The lowest BCUT2D eigenvalue weighted by atomic mass is 9.92. The molecular formula is C29H28N4O4. The third-order valence-electron chi connectivity index (χ3n) is 7.26. The van der Waals surface area contributed by atoms with E-state index < -0.39 is 11.4 Å². The minimum atomic E-state index is -0.750. The first-order valence-electron chi connectivity index (χ1n) is 12.5. The largest absolute Gasteiger partial charge is 0.481 e. The Balaban J connectivity index is 1.32. The van der Waals surface area contributed by atoms with E-state index in [4.69, 9.17) is 14.2 Å². The number of benzene rings is 2. The molecule has 1 saturated carbocycles. The van der Waals surface area contributed by atoms with Crippen LogP contribution in [-0.2, 0) is 14.9 Å². The molecule has 0 atom stereocenters. The van der Waals surface area contributed by atoms with E-state index in [1.54, 1.807) is 0 Å². The first kappa shape index (κ1) is 23.2. The lowest BCUT2D eigenvalue weighted by molar-refractivity contribution is -0.140. The second-order valence-corrected chi connectivity index (χ2v) is 9.59. The number of anilines is 3. The van der Waals surface area contributed by atoms with Crippen LogP contribution in [0.1, 0.15) is 24.1 Å². The summed E-state index contributed by atoms with van der Waals surface area (Å²) >= 11 is 0. The van der Waals surface area contributed by atoms with Crippen molar-refractivity contribution in [2.45, 2.75) is 25.2 Å². The molecule has 6 rings (SSSR count). The van der Waals surface area contributed by atoms with Crippen LogP contribution in [0.2, 0.25) is 0 Å². The highest BCUT2D eigenvalue weighted by Crippen LogP contribution is 2.49. The van der Waals surface area contributed by atoms with Crippen LogP contribution in [0.25, 0.3) is 22.5 Å². The van der Waals surface area contributed by atoms with E-state index in [9.17, 15) is 9.90 Å². The zero-order chi connectivity index (χ0) is 25.4. The molecule has 0 radical (unpaired) electrons. The summed E-state index contributed by atoms with van der Waals surface area (Å²) in [7, 11) is 0. The summed E-state index contributed by atoms with van der Waals surface area (Å²) in [5.74, 6) is 1.49. The van der Waals surface area contributed by atoms with Crippen LogP contribution in [0.5, 0.6) is 0 Å². The van der Waals surface area contributed by atoms with E-state index in [2.05, 4.69) is 15.4 Å². The Hall–Kier alpha value is -4.17. The molecule has 2 aliphatic rings. The lowest BCUT2D eigenvalue weighted by Crippen LogP contribution is -2.36. The Morgan fingerprint density at radius 1 is 0.973 bits per heavy atom. The van der Waals surface area contributed by atoms with Crippen LogP contribution in [0.15, 0.2) is 71.3 Å². The molecule has 0 bridgehead atoms. The molecule has 0 unspecified atom stereocenters. The van der Waals surface area contributed by atoms with E-state index in [-0.39, 0.29) is 0 Å². The zero-order valence-corrected chi connectivity index (χ0v) is 20.6. The van der Waals surface area contributed by atoms with Crippen molar-refractivity contribution in [2.24, 2.45) is 0 Å². The molecule has 0 spiro atoms. The Morgan fingerprint density at radius 2 is 1.70 bits per heavy atom. The number of nitrogens with one attached hydrogen (secondary N) is 1. The summed E-state index contributed by atoms with van der Waals surface area (Å²) in [6.07, 6.45) is 1.37. The van der Waals surface area contributed by atoms with Crippen molar-refractivity contribution in [1.82, 2.24) is 10.1 Å². The van der Waals surface area contributed by atoms with Gasteiger partial charge >= 0.3 is 5.97 Å². The van der Waals surface area contributed by atoms with Gasteiger partial charge in [0.05, 0.1) is 18.6 Å². The second-order valence-electron chi connectivity index (χ2n) is 9.59. The van der Waals surface area contributed by atoms with E-state index in [0.717, 1.165) is 52.5 Å². The number of nitrogens with zero attached hydrogens (tertiary/aromatic N) is 3. The van der Waals surface area contributed by atoms with Gasteiger partial charge in [0, 0.05) is 18.7 Å². The number of carbonyl (C=O) groups is 1. The quantitative estimate of drug-likeness (QED) is 0.350. The molecule has 2 aromatic carbocycles. The van der Waals surface area contributed by atoms with E-state index in [1.165, 1.54) is 0 Å². The van der Waals surface area contributed by atoms with E-state index >= 15 is 0 Å². The van der Waals surface area contributed by atoms with Crippen LogP contribution < -0.4 is 10.2 Å². The molecule has 188 valence electrons. The Kier molecular flexibility index (Phi) is 5.88. The van der Waals surface area contributed by atoms with Gasteiger partial charge in [-0.05, 0) is 48.6 Å². The number of carboxylic acid groups (broad SMARTS) is 1. The lowest BCUT2D eigenvalue weighted by Gasteiger charge is -2.28. The summed E-state index contributed by atoms with van der Waals surface area (Å²) in [4.78, 5) is 18.8. The van der Waals surface area contributed by atoms with Gasteiger partial charge in [-0.3, -0.25) is 4.79 Å². The van der Waals surface area contributed by atoms with Gasteiger partial charge in [0.25, 0.3) is 0 Å². The fourth-order valence-corrected chi connectivity index (χ4v) is 4.94. The number of aliphatic carboxylic acids is 1. The number of rotatable bonds is 7. The molecule has 0 amide bonds. The highest BCUT2D eigenvalue weighted by Gasteiger charge is 2.51. The average molecular weight is 497 g/mol. The van der Waals surface area contributed by atoms with Gasteiger partial charge in [-0.15, -0.1) is 0 Å². The predicted molar refractivity (Wildman–Crippen MR) is 141 cm³/mol. The van der Waals surface area contributed by atoms with Gasteiger partial charge in [0.15, 0.2) is 5.76 Å². The normalized spacial score (nSPS) is 16.4. The summed E-state index contributed by atoms with van der Waals surface area (Å²) < 4.78 is 11.3. The Morgan fingerprint density at radius 3 is 2.41 bits per heavy atom. The molecule has 37 heavy (non-hydrogen) atoms. The van der Waals surface area contributed by atoms with Crippen molar-refractivity contribution in [1.29, 1.82) is 0 Å². The number of carboxylic acids is 1. The number of pyridine rings is 1. The minimum Gasteiger partial charge on any atom is -0.481 e. The first-order chi connectivity index (χ1) is 18.0. The molecule has 1 saturated heterocycles. The van der Waals surface area contributed by atoms with Crippen molar-refractivity contribution in [2.75, 3.05) is 36.5 Å². The van der Waals surface area contributed by atoms with Gasteiger partial charge < -0.3 is 24.6 Å². The number of ether oxygens (including phenoxy) is 1. The van der Waals surface area contributed by atoms with Crippen molar-refractivity contribution in [3.8, 4) is 22.5 Å². The number of aromatic nitrogens is 2. The molecular weight excluding hydrogens is 468 g/mol. The van der Waals surface area contributed by atoms with Crippen LogP contribution in [0, 0.1) is 6.92 Å². The van der Waals surface area contributed by atoms with Gasteiger partial charge in [-0.1, -0.05) is 59.8 Å². The maximum atomic E-state index is 11.7. The monoisotopic (exact) mass is 496 g/mol. The van der Waals surface area contributed by atoms with Crippen LogP contribution in [-0.4, -0.2) is 47.5 Å². The third-order valence-corrected chi connectivity index (χ3v) is 7.26. The zero-order valence-electron chi connectivity index (χ0n) is 20.6. The fraction of sp³-hybridized carbons (Fsp3) is 0.276. The molecule has 2 aromatic heterocycles. The number of aryl methyl sites for hydroxylation is 1. The number of hydrogen-bond acceptors (Lipinski definition) is 7. The van der Waals surface area contributed by atoms with Crippen molar-refractivity contribution in [3.05, 3.63) is 78.0 Å². The summed E-state index contributed by atoms with van der Waals surface area (Å²) in [6.45, 7) is 4.92. The van der Waals surface area contributed by atoms with E-state index in [1.807, 2.05) is 73.7 Å². The average Bonchev–Trinajstić information content (AvgIpc) is 3.69. The molecule has 4 aromatic rings. The van der Waals surface area contributed by atoms with Gasteiger partial charge in [-0.2, -0.15) is 0 Å². The van der Waals surface area contributed by atoms with Gasteiger partial charge in [0.1, 0.15) is 23.0 Å². The predicted octanol–water partition coefficient (Wildman–Crippen LogP) is 5.41. The van der Waals surface area contributed by atoms with Crippen molar-refractivity contribution in [3.63, 3.8) is 0 Å². The molecule has 8 nitrogen and oxygen atoms in total. The SMILES string of the molecule is Cc1noc(-c2ccccc2-c2ccc(C3(C(=O)O)CC3)cc2)c1Nc1cccc(N2CCOCC2)n1. The summed E-state index contributed by atoms with van der Waals surface area (Å²) in [5.41, 5.74) is 4.47. The number of morpholine rings is 1. The highest BCUT2D eigenvalue weighted by atomic mass is 16.5. The van der Waals surface area contributed by atoms with Crippen LogP contribution in [0.4, 0.5) is 17.3 Å². The van der Waals surface area contributed by atoms with Gasteiger partial charge in [0.2, 0.25) is 0 Å². The molecule has 1 aliphatic heterocycles. The Bertz CT molecular complexity index is 1440. The second kappa shape index (κ2) is 9.37. The molecule has 8 heteroatoms. The topological polar surface area (TPSA) is 101 Å². The summed E-state index contributed by atoms with van der Waals surface area (Å²) in [5, 5.41) is 17.3. The third kappa shape index (κ3) is 4.34. The molecule has 2 fully saturated rings. The number of hydrogen-bond donors (Lipinski definition) is 2.